The second-order valence-electron chi connectivity index (χ2n) is 11.3. The van der Waals surface area contributed by atoms with E-state index in [0.29, 0.717) is 35.2 Å². The van der Waals surface area contributed by atoms with Crippen LogP contribution in [0, 0.1) is 18.6 Å². The molecule has 0 unspecified atom stereocenters. The first kappa shape index (κ1) is 26.6. The van der Waals surface area contributed by atoms with E-state index in [1.165, 1.54) is 0 Å². The highest BCUT2D eigenvalue weighted by Gasteiger charge is 2.51. The molecule has 3 aromatic rings. The van der Waals surface area contributed by atoms with Crippen molar-refractivity contribution in [3.05, 3.63) is 29.3 Å². The van der Waals surface area contributed by atoms with Gasteiger partial charge in [0.05, 0.1) is 17.0 Å². The molecule has 40 heavy (non-hydrogen) atoms. The standard InChI is InChI=1S/C27H29F5N6O2/c1-11-17-18-24(35-23(11)37(4)5)38-10-26(3)7-6-16(36-26)21(38)12(2)39-25(18)34-20(19(17)29)14-8-13(33)9-15(28)22(14)40-27(30,31)32/h8-9,12,16,21,36H,6-7,10,33H2,1-5H3/t12-,16-,21+,26+/m0/s1. The van der Waals surface area contributed by atoms with Crippen LogP contribution in [0.3, 0.4) is 0 Å². The lowest BCUT2D eigenvalue weighted by molar-refractivity contribution is -0.275. The first-order valence-corrected chi connectivity index (χ1v) is 12.9. The molecule has 0 aliphatic carbocycles. The predicted molar refractivity (Wildman–Crippen MR) is 141 cm³/mol. The molecule has 0 saturated carbocycles. The van der Waals surface area contributed by atoms with E-state index < -0.39 is 41.1 Å². The zero-order valence-electron chi connectivity index (χ0n) is 22.6. The van der Waals surface area contributed by atoms with Crippen LogP contribution in [0.25, 0.3) is 22.0 Å². The Morgan fingerprint density at radius 2 is 1.93 bits per heavy atom. The van der Waals surface area contributed by atoms with Crippen LogP contribution in [0.4, 0.5) is 39.3 Å². The number of nitrogens with one attached hydrogen (secondary N) is 1. The van der Waals surface area contributed by atoms with Crippen LogP contribution in [0.5, 0.6) is 11.6 Å². The molecule has 8 nitrogen and oxygen atoms in total. The van der Waals surface area contributed by atoms with E-state index in [1.807, 2.05) is 6.92 Å². The molecule has 13 heteroatoms. The summed E-state index contributed by atoms with van der Waals surface area (Å²) in [5.41, 5.74) is 4.64. The van der Waals surface area contributed by atoms with Crippen molar-refractivity contribution >= 4 is 28.1 Å². The molecule has 5 heterocycles. The number of hydrogen-bond acceptors (Lipinski definition) is 8. The zero-order valence-corrected chi connectivity index (χ0v) is 22.6. The van der Waals surface area contributed by atoms with Gasteiger partial charge >= 0.3 is 6.36 Å². The number of alkyl halides is 3. The number of rotatable bonds is 3. The fraction of sp³-hybridized carbons (Fsp3) is 0.481. The summed E-state index contributed by atoms with van der Waals surface area (Å²) in [7, 11) is 3.54. The smallest absolute Gasteiger partial charge is 0.472 e. The Hall–Kier alpha value is -3.61. The molecule has 3 N–H and O–H groups in total. The highest BCUT2D eigenvalue weighted by Crippen LogP contribution is 2.49. The van der Waals surface area contributed by atoms with Crippen LogP contribution in [0.1, 0.15) is 32.3 Å². The van der Waals surface area contributed by atoms with Gasteiger partial charge in [-0.2, -0.15) is 0 Å². The number of nitrogens with zero attached hydrogens (tertiary/aromatic N) is 4. The lowest BCUT2D eigenvalue weighted by Gasteiger charge is -2.46. The summed E-state index contributed by atoms with van der Waals surface area (Å²) in [6, 6.07) is 1.59. The molecule has 1 aromatic carbocycles. The average Bonchev–Trinajstić information content (AvgIpc) is 3.09. The quantitative estimate of drug-likeness (QED) is 0.343. The lowest BCUT2D eigenvalue weighted by Crippen LogP contribution is -2.66. The van der Waals surface area contributed by atoms with Crippen LogP contribution in [-0.4, -0.2) is 60.7 Å². The Kier molecular flexibility index (Phi) is 5.78. The van der Waals surface area contributed by atoms with E-state index in [9.17, 15) is 17.6 Å². The molecule has 4 atom stereocenters. The van der Waals surface area contributed by atoms with E-state index in [2.05, 4.69) is 26.9 Å². The SMILES string of the molecule is Cc1c(N(C)C)nc2c3c(nc(-c4cc(N)cc(F)c4OC(F)(F)F)c(F)c13)O[C@@H](C)[C@@H]1[C@@H]3CC[C@](C)(CN21)N3. The maximum Gasteiger partial charge on any atom is 0.573 e. The number of pyridine rings is 2. The third kappa shape index (κ3) is 4.04. The largest absolute Gasteiger partial charge is 0.573 e. The molecular weight excluding hydrogens is 535 g/mol. The molecule has 0 amide bonds. The number of anilines is 3. The number of benzene rings is 1. The first-order chi connectivity index (χ1) is 18.7. The molecule has 2 saturated heterocycles. The number of nitrogen functional groups attached to an aromatic ring is 1. The van der Waals surface area contributed by atoms with Crippen molar-refractivity contribution in [2.24, 2.45) is 0 Å². The number of hydrogen-bond donors (Lipinski definition) is 2. The van der Waals surface area contributed by atoms with Crippen molar-refractivity contribution in [3.63, 3.8) is 0 Å². The molecule has 0 spiro atoms. The fourth-order valence-corrected chi connectivity index (χ4v) is 6.56. The van der Waals surface area contributed by atoms with Crippen LogP contribution < -0.4 is 30.3 Å². The van der Waals surface area contributed by atoms with E-state index in [4.69, 9.17) is 15.5 Å². The summed E-state index contributed by atoms with van der Waals surface area (Å²) >= 11 is 0. The highest BCUT2D eigenvalue weighted by molar-refractivity contribution is 6.03. The van der Waals surface area contributed by atoms with Gasteiger partial charge in [-0.3, -0.25) is 0 Å². The second-order valence-corrected chi connectivity index (χ2v) is 11.3. The summed E-state index contributed by atoms with van der Waals surface area (Å²) in [4.78, 5) is 13.2. The molecule has 2 bridgehead atoms. The van der Waals surface area contributed by atoms with Gasteiger partial charge in [-0.15, -0.1) is 13.2 Å². The van der Waals surface area contributed by atoms with Crippen LogP contribution in [0.15, 0.2) is 12.1 Å². The van der Waals surface area contributed by atoms with E-state index in [0.717, 1.165) is 18.9 Å². The molecule has 3 aliphatic heterocycles. The maximum atomic E-state index is 16.7. The van der Waals surface area contributed by atoms with Crippen molar-refractivity contribution in [3.8, 4) is 22.9 Å². The van der Waals surface area contributed by atoms with Crippen molar-refractivity contribution in [1.29, 1.82) is 0 Å². The summed E-state index contributed by atoms with van der Waals surface area (Å²) in [6.45, 7) is 6.27. The molecular formula is C27H29F5N6O2. The zero-order chi connectivity index (χ0) is 28.9. The normalized spacial score (nSPS) is 25.4. The molecule has 3 aliphatic rings. The summed E-state index contributed by atoms with van der Waals surface area (Å²) < 4.78 is 81.7. The number of aromatic nitrogens is 2. The number of halogens is 5. The molecule has 6 rings (SSSR count). The topological polar surface area (TPSA) is 88.8 Å². The minimum absolute atomic E-state index is 0.00831. The Morgan fingerprint density at radius 1 is 1.20 bits per heavy atom. The van der Waals surface area contributed by atoms with E-state index in [1.54, 1.807) is 25.9 Å². The Bertz CT molecular complexity index is 1550. The van der Waals surface area contributed by atoms with Crippen molar-refractivity contribution in [2.45, 2.75) is 63.7 Å². The van der Waals surface area contributed by atoms with Gasteiger partial charge in [0.15, 0.2) is 17.4 Å². The summed E-state index contributed by atoms with van der Waals surface area (Å²) in [6.07, 6.45) is -3.83. The Labute approximate surface area is 227 Å². The third-order valence-electron chi connectivity index (χ3n) is 8.10. The molecule has 2 aromatic heterocycles. The predicted octanol–water partition coefficient (Wildman–Crippen LogP) is 4.91. The minimum Gasteiger partial charge on any atom is -0.472 e. The lowest BCUT2D eigenvalue weighted by atomic mass is 9.95. The van der Waals surface area contributed by atoms with Crippen LogP contribution in [0.2, 0.25) is 0 Å². The van der Waals surface area contributed by atoms with E-state index >= 15 is 4.39 Å². The monoisotopic (exact) mass is 564 g/mol. The van der Waals surface area contributed by atoms with Gasteiger partial charge in [-0.25, -0.2) is 18.7 Å². The van der Waals surface area contributed by atoms with Crippen LogP contribution in [-0.2, 0) is 0 Å². The maximum absolute atomic E-state index is 16.7. The first-order valence-electron chi connectivity index (χ1n) is 12.9. The minimum atomic E-state index is -5.24. The van der Waals surface area contributed by atoms with Gasteiger partial charge in [0.2, 0.25) is 5.88 Å². The van der Waals surface area contributed by atoms with Gasteiger partial charge < -0.3 is 30.3 Å². The molecule has 214 valence electrons. The Morgan fingerprint density at radius 3 is 2.60 bits per heavy atom. The van der Waals surface area contributed by atoms with Gasteiger partial charge in [0.1, 0.15) is 23.4 Å². The number of nitrogens with two attached hydrogens (primary N) is 1. The van der Waals surface area contributed by atoms with Gasteiger partial charge in [0, 0.05) is 54.9 Å². The number of piperazine rings is 1. The Balaban J connectivity index is 1.68. The number of fused-ring (bicyclic) bond motifs is 5. The van der Waals surface area contributed by atoms with Gasteiger partial charge in [-0.1, -0.05) is 0 Å². The van der Waals surface area contributed by atoms with E-state index in [-0.39, 0.29) is 34.6 Å². The van der Waals surface area contributed by atoms with Crippen molar-refractivity contribution in [2.75, 3.05) is 36.2 Å². The average molecular weight is 565 g/mol. The van der Waals surface area contributed by atoms with Gasteiger partial charge in [-0.05, 0) is 39.7 Å². The fourth-order valence-electron chi connectivity index (χ4n) is 6.56. The van der Waals surface area contributed by atoms with Gasteiger partial charge in [0.25, 0.3) is 0 Å². The molecule has 0 radical (unpaired) electrons. The number of ether oxygens (including phenoxy) is 2. The second kappa shape index (κ2) is 8.69. The van der Waals surface area contributed by atoms with Crippen LogP contribution >= 0.6 is 0 Å². The molecule has 2 fully saturated rings. The van der Waals surface area contributed by atoms with Crippen molar-refractivity contribution < 1.29 is 31.4 Å². The van der Waals surface area contributed by atoms with Crippen molar-refractivity contribution in [1.82, 2.24) is 15.3 Å². The third-order valence-corrected chi connectivity index (χ3v) is 8.10. The number of aryl methyl sites for hydroxylation is 1. The summed E-state index contributed by atoms with van der Waals surface area (Å²) in [5, 5.41) is 4.07. The summed E-state index contributed by atoms with van der Waals surface area (Å²) in [5.74, 6) is -2.64. The highest BCUT2D eigenvalue weighted by atomic mass is 19.4.